The normalized spacial score (nSPS) is 10.2. The van der Waals surface area contributed by atoms with E-state index >= 15 is 0 Å². The number of nitrogens with zero attached hydrogens (tertiary/aromatic N) is 1. The SMILES string of the molecule is Nc1cc(Oc2ccc(CO)nc2)ccc1F. The molecule has 88 valence electrons. The first-order chi connectivity index (χ1) is 8.19. The third-order valence-corrected chi connectivity index (χ3v) is 2.16. The van der Waals surface area contributed by atoms with Crippen LogP contribution in [-0.2, 0) is 6.61 Å². The van der Waals surface area contributed by atoms with Crippen molar-refractivity contribution >= 4 is 5.69 Å². The molecule has 4 nitrogen and oxygen atoms in total. The van der Waals surface area contributed by atoms with Crippen LogP contribution in [0.2, 0.25) is 0 Å². The van der Waals surface area contributed by atoms with Gasteiger partial charge in [-0.1, -0.05) is 0 Å². The summed E-state index contributed by atoms with van der Waals surface area (Å²) in [5, 5.41) is 8.82. The van der Waals surface area contributed by atoms with E-state index in [0.29, 0.717) is 17.2 Å². The fourth-order valence-electron chi connectivity index (χ4n) is 1.29. The maximum absolute atomic E-state index is 12.9. The molecule has 1 aromatic heterocycles. The number of rotatable bonds is 3. The zero-order valence-corrected chi connectivity index (χ0v) is 8.93. The van der Waals surface area contributed by atoms with Crippen molar-refractivity contribution in [3.05, 3.63) is 48.0 Å². The number of halogens is 1. The van der Waals surface area contributed by atoms with Gasteiger partial charge in [0.05, 0.1) is 24.2 Å². The van der Waals surface area contributed by atoms with Crippen LogP contribution in [0.1, 0.15) is 5.69 Å². The van der Waals surface area contributed by atoms with E-state index in [1.165, 1.54) is 24.4 Å². The van der Waals surface area contributed by atoms with Crippen molar-refractivity contribution in [3.63, 3.8) is 0 Å². The minimum atomic E-state index is -0.480. The zero-order chi connectivity index (χ0) is 12.3. The quantitative estimate of drug-likeness (QED) is 0.798. The minimum absolute atomic E-state index is 0.0300. The van der Waals surface area contributed by atoms with Gasteiger partial charge in [-0.15, -0.1) is 0 Å². The van der Waals surface area contributed by atoms with E-state index in [2.05, 4.69) is 4.98 Å². The van der Waals surface area contributed by atoms with Crippen LogP contribution in [0.3, 0.4) is 0 Å². The van der Waals surface area contributed by atoms with Crippen LogP contribution < -0.4 is 10.5 Å². The van der Waals surface area contributed by atoms with E-state index < -0.39 is 5.82 Å². The first kappa shape index (κ1) is 11.3. The van der Waals surface area contributed by atoms with Gasteiger partial charge in [-0.2, -0.15) is 0 Å². The number of nitrogen functional groups attached to an aromatic ring is 1. The van der Waals surface area contributed by atoms with Crippen molar-refractivity contribution in [1.29, 1.82) is 0 Å². The molecule has 1 aromatic carbocycles. The number of benzene rings is 1. The van der Waals surface area contributed by atoms with Gasteiger partial charge in [-0.3, -0.25) is 4.98 Å². The van der Waals surface area contributed by atoms with Crippen molar-refractivity contribution in [2.24, 2.45) is 0 Å². The van der Waals surface area contributed by atoms with Gasteiger partial charge in [0.25, 0.3) is 0 Å². The first-order valence-corrected chi connectivity index (χ1v) is 4.97. The van der Waals surface area contributed by atoms with Crippen LogP contribution >= 0.6 is 0 Å². The zero-order valence-electron chi connectivity index (χ0n) is 8.93. The molecule has 2 aromatic rings. The number of pyridine rings is 1. The molecule has 0 radical (unpaired) electrons. The maximum atomic E-state index is 12.9. The van der Waals surface area contributed by atoms with Crippen molar-refractivity contribution in [2.75, 3.05) is 5.73 Å². The van der Waals surface area contributed by atoms with Gasteiger partial charge in [0.1, 0.15) is 17.3 Å². The molecule has 0 aliphatic rings. The highest BCUT2D eigenvalue weighted by atomic mass is 19.1. The molecule has 5 heteroatoms. The molecule has 3 N–H and O–H groups in total. The van der Waals surface area contributed by atoms with Crippen LogP contribution in [0.4, 0.5) is 10.1 Å². The number of aliphatic hydroxyl groups is 1. The summed E-state index contributed by atoms with van der Waals surface area (Å²) in [6, 6.07) is 7.42. The Balaban J connectivity index is 2.16. The molecule has 0 unspecified atom stereocenters. The average molecular weight is 234 g/mol. The predicted octanol–water partition coefficient (Wildman–Crippen LogP) is 2.09. The van der Waals surface area contributed by atoms with Crippen LogP contribution in [0.25, 0.3) is 0 Å². The number of aromatic nitrogens is 1. The molecule has 0 saturated heterocycles. The maximum Gasteiger partial charge on any atom is 0.146 e. The average Bonchev–Trinajstić information content (AvgIpc) is 2.35. The van der Waals surface area contributed by atoms with Gasteiger partial charge < -0.3 is 15.6 Å². The topological polar surface area (TPSA) is 68.4 Å². The second-order valence-corrected chi connectivity index (χ2v) is 3.43. The molecule has 0 amide bonds. The van der Waals surface area contributed by atoms with Gasteiger partial charge >= 0.3 is 0 Å². The summed E-state index contributed by atoms with van der Waals surface area (Å²) in [6.07, 6.45) is 1.48. The summed E-state index contributed by atoms with van der Waals surface area (Å²) in [5.74, 6) is 0.446. The van der Waals surface area contributed by atoms with Crippen LogP contribution in [0.5, 0.6) is 11.5 Å². The highest BCUT2D eigenvalue weighted by molar-refractivity contribution is 5.46. The molecule has 0 spiro atoms. The van der Waals surface area contributed by atoms with Crippen molar-refractivity contribution in [1.82, 2.24) is 4.98 Å². The van der Waals surface area contributed by atoms with E-state index in [9.17, 15) is 4.39 Å². The van der Waals surface area contributed by atoms with Gasteiger partial charge in [0, 0.05) is 6.07 Å². The van der Waals surface area contributed by atoms with Crippen molar-refractivity contribution < 1.29 is 14.2 Å². The third kappa shape index (κ3) is 2.70. The summed E-state index contributed by atoms with van der Waals surface area (Å²) in [6.45, 7) is -0.121. The largest absolute Gasteiger partial charge is 0.456 e. The Morgan fingerprint density at radius 2 is 2.00 bits per heavy atom. The highest BCUT2D eigenvalue weighted by Gasteiger charge is 2.02. The molecule has 0 aliphatic carbocycles. The monoisotopic (exact) mass is 234 g/mol. The van der Waals surface area contributed by atoms with Crippen molar-refractivity contribution in [3.8, 4) is 11.5 Å². The smallest absolute Gasteiger partial charge is 0.146 e. The van der Waals surface area contributed by atoms with Gasteiger partial charge in [-0.25, -0.2) is 4.39 Å². The van der Waals surface area contributed by atoms with E-state index in [4.69, 9.17) is 15.6 Å². The fraction of sp³-hybridized carbons (Fsp3) is 0.0833. The molecule has 0 atom stereocenters. The van der Waals surface area contributed by atoms with E-state index in [1.54, 1.807) is 12.1 Å². The van der Waals surface area contributed by atoms with Crippen LogP contribution in [-0.4, -0.2) is 10.1 Å². The lowest BCUT2D eigenvalue weighted by Crippen LogP contribution is -1.93. The lowest BCUT2D eigenvalue weighted by atomic mass is 10.3. The van der Waals surface area contributed by atoms with Gasteiger partial charge in [0.15, 0.2) is 0 Å². The molecule has 0 saturated carbocycles. The summed E-state index contributed by atoms with van der Waals surface area (Å²) in [5.41, 5.74) is 6.00. The minimum Gasteiger partial charge on any atom is -0.456 e. The number of anilines is 1. The van der Waals surface area contributed by atoms with Crippen LogP contribution in [0.15, 0.2) is 36.5 Å². The van der Waals surface area contributed by atoms with E-state index in [0.717, 1.165) is 0 Å². The Morgan fingerprint density at radius 3 is 2.59 bits per heavy atom. The van der Waals surface area contributed by atoms with Gasteiger partial charge in [0.2, 0.25) is 0 Å². The van der Waals surface area contributed by atoms with Crippen LogP contribution in [0, 0.1) is 5.82 Å². The number of hydrogen-bond acceptors (Lipinski definition) is 4. The number of hydrogen-bond donors (Lipinski definition) is 2. The molecule has 1 heterocycles. The molecule has 0 aliphatic heterocycles. The lowest BCUT2D eigenvalue weighted by Gasteiger charge is -2.06. The highest BCUT2D eigenvalue weighted by Crippen LogP contribution is 2.24. The second-order valence-electron chi connectivity index (χ2n) is 3.43. The number of aliphatic hydroxyl groups excluding tert-OH is 1. The molecular formula is C12H11FN2O2. The van der Waals surface area contributed by atoms with Gasteiger partial charge in [-0.05, 0) is 24.3 Å². The Kier molecular flexibility index (Phi) is 3.20. The molecule has 0 bridgehead atoms. The third-order valence-electron chi connectivity index (χ3n) is 2.16. The Labute approximate surface area is 97.5 Å². The number of ether oxygens (including phenoxy) is 1. The summed E-state index contributed by atoms with van der Waals surface area (Å²) in [4.78, 5) is 3.95. The second kappa shape index (κ2) is 4.80. The predicted molar refractivity (Wildman–Crippen MR) is 61.0 cm³/mol. The Hall–Kier alpha value is -2.14. The fourth-order valence-corrected chi connectivity index (χ4v) is 1.29. The number of nitrogens with two attached hydrogens (primary N) is 1. The molecular weight excluding hydrogens is 223 g/mol. The summed E-state index contributed by atoms with van der Waals surface area (Å²) in [7, 11) is 0. The Morgan fingerprint density at radius 1 is 1.24 bits per heavy atom. The molecule has 0 fully saturated rings. The molecule has 17 heavy (non-hydrogen) atoms. The lowest BCUT2D eigenvalue weighted by molar-refractivity contribution is 0.276. The van der Waals surface area contributed by atoms with E-state index in [1.807, 2.05) is 0 Å². The summed E-state index contributed by atoms with van der Waals surface area (Å²) < 4.78 is 18.3. The van der Waals surface area contributed by atoms with E-state index in [-0.39, 0.29) is 12.3 Å². The Bertz CT molecular complexity index is 514. The van der Waals surface area contributed by atoms with Crippen molar-refractivity contribution in [2.45, 2.75) is 6.61 Å². The summed E-state index contributed by atoms with van der Waals surface area (Å²) >= 11 is 0. The first-order valence-electron chi connectivity index (χ1n) is 4.97. The standard InChI is InChI=1S/C12H11FN2O2/c13-11-4-3-9(5-12(11)14)17-10-2-1-8(7-16)15-6-10/h1-6,16H,7,14H2. The molecule has 2 rings (SSSR count).